The Balaban J connectivity index is 1.63. The molecule has 1 aromatic carbocycles. The van der Waals surface area contributed by atoms with Crippen molar-refractivity contribution in [2.45, 2.75) is 6.92 Å². The lowest BCUT2D eigenvalue weighted by Gasteiger charge is -2.34. The number of amides is 1. The molecule has 0 aliphatic carbocycles. The average molecular weight is 474 g/mol. The molecular weight excluding hydrogens is 455 g/mol. The Labute approximate surface area is 171 Å². The lowest BCUT2D eigenvalue weighted by Crippen LogP contribution is -2.45. The first-order valence-electron chi connectivity index (χ1n) is 8.52. The highest BCUT2D eigenvalue weighted by Crippen LogP contribution is 2.18. The van der Waals surface area contributed by atoms with Crippen LogP contribution >= 0.6 is 22.6 Å². The molecule has 7 nitrogen and oxygen atoms in total. The van der Waals surface area contributed by atoms with E-state index in [0.717, 1.165) is 22.2 Å². The fourth-order valence-electron chi connectivity index (χ4n) is 2.78. The maximum absolute atomic E-state index is 12.5. The third kappa shape index (κ3) is 4.95. The van der Waals surface area contributed by atoms with Crippen molar-refractivity contribution in [3.05, 3.63) is 57.6 Å². The minimum Gasteiger partial charge on any atom is -0.373 e. The third-order valence-electron chi connectivity index (χ3n) is 4.26. The van der Waals surface area contributed by atoms with Gasteiger partial charge in [-0.05, 0) is 59.3 Å². The maximum atomic E-state index is 12.5. The van der Waals surface area contributed by atoms with E-state index >= 15 is 0 Å². The Morgan fingerprint density at radius 3 is 2.59 bits per heavy atom. The van der Waals surface area contributed by atoms with Gasteiger partial charge >= 0.3 is 0 Å². The van der Waals surface area contributed by atoms with E-state index < -0.39 is 5.91 Å². The molecule has 3 rings (SSSR count). The molecule has 1 fully saturated rings. The molecule has 2 heterocycles. The Morgan fingerprint density at radius 2 is 1.96 bits per heavy atom. The third-order valence-corrected chi connectivity index (χ3v) is 4.93. The number of anilines is 2. The first kappa shape index (κ1) is 19.1. The van der Waals surface area contributed by atoms with E-state index in [9.17, 15) is 10.1 Å². The number of nitrogens with zero attached hydrogens (tertiary/aromatic N) is 5. The summed E-state index contributed by atoms with van der Waals surface area (Å²) in [6, 6.07) is 9.55. The summed E-state index contributed by atoms with van der Waals surface area (Å²) < 4.78 is 1.10. The fraction of sp³-hybridized carbons (Fsp3) is 0.263. The second-order valence-corrected chi connectivity index (χ2v) is 7.39. The maximum Gasteiger partial charge on any atom is 0.267 e. The quantitative estimate of drug-likeness (QED) is 0.417. The summed E-state index contributed by atoms with van der Waals surface area (Å²) in [7, 11) is 0. The molecule has 0 unspecified atom stereocenters. The molecular formula is C19H19IN6O. The smallest absolute Gasteiger partial charge is 0.267 e. The van der Waals surface area contributed by atoms with E-state index in [-0.39, 0.29) is 5.57 Å². The molecule has 0 radical (unpaired) electrons. The van der Waals surface area contributed by atoms with E-state index in [4.69, 9.17) is 0 Å². The Morgan fingerprint density at radius 1 is 1.26 bits per heavy atom. The van der Waals surface area contributed by atoms with Crippen molar-refractivity contribution in [1.29, 1.82) is 5.26 Å². The molecule has 2 aromatic rings. The van der Waals surface area contributed by atoms with Crippen molar-refractivity contribution in [2.75, 3.05) is 36.4 Å². The number of aryl methyl sites for hydroxylation is 1. The molecule has 1 aromatic heterocycles. The standard InChI is InChI=1S/C19H19IN6O/c1-14-11-16(20)3-4-17(14)24-18(27)15(12-21)13-25-7-9-26(10-8-25)19-22-5-2-6-23-19/h2-6,11,13H,7-10H2,1H3,(H,24,27)/b15-13-. The van der Waals surface area contributed by atoms with Gasteiger partial charge in [0.1, 0.15) is 11.6 Å². The molecule has 0 atom stereocenters. The van der Waals surface area contributed by atoms with Crippen LogP contribution in [0.5, 0.6) is 0 Å². The van der Waals surface area contributed by atoms with Crippen LogP contribution in [-0.4, -0.2) is 47.0 Å². The first-order valence-corrected chi connectivity index (χ1v) is 9.60. The highest BCUT2D eigenvalue weighted by Gasteiger charge is 2.19. The normalized spacial score (nSPS) is 14.6. The second-order valence-electron chi connectivity index (χ2n) is 6.14. The molecule has 1 aliphatic heterocycles. The molecule has 0 spiro atoms. The van der Waals surface area contributed by atoms with Gasteiger partial charge in [-0.1, -0.05) is 0 Å². The zero-order chi connectivity index (χ0) is 19.2. The van der Waals surface area contributed by atoms with Crippen LogP contribution in [0, 0.1) is 21.8 Å². The largest absolute Gasteiger partial charge is 0.373 e. The van der Waals surface area contributed by atoms with E-state index in [0.29, 0.717) is 24.7 Å². The summed E-state index contributed by atoms with van der Waals surface area (Å²) in [6.07, 6.45) is 5.08. The summed E-state index contributed by atoms with van der Waals surface area (Å²) in [5, 5.41) is 12.2. The summed E-state index contributed by atoms with van der Waals surface area (Å²) in [5.74, 6) is 0.309. The van der Waals surface area contributed by atoms with Gasteiger partial charge in [0, 0.05) is 54.0 Å². The Kier molecular flexibility index (Phi) is 6.24. The zero-order valence-corrected chi connectivity index (χ0v) is 17.0. The average Bonchev–Trinajstić information content (AvgIpc) is 2.69. The van der Waals surface area contributed by atoms with Gasteiger partial charge in [-0.3, -0.25) is 4.79 Å². The summed E-state index contributed by atoms with van der Waals surface area (Å²) in [4.78, 5) is 25.1. The summed E-state index contributed by atoms with van der Waals surface area (Å²) in [6.45, 7) is 4.78. The van der Waals surface area contributed by atoms with Crippen LogP contribution in [0.15, 0.2) is 48.4 Å². The Bertz CT molecular complexity index is 885. The van der Waals surface area contributed by atoms with Crippen LogP contribution in [0.4, 0.5) is 11.6 Å². The van der Waals surface area contributed by atoms with Gasteiger partial charge in [0.2, 0.25) is 5.95 Å². The van der Waals surface area contributed by atoms with Crippen molar-refractivity contribution in [1.82, 2.24) is 14.9 Å². The van der Waals surface area contributed by atoms with Crippen LogP contribution in [0.3, 0.4) is 0 Å². The van der Waals surface area contributed by atoms with Crippen molar-refractivity contribution in [2.24, 2.45) is 0 Å². The molecule has 1 amide bonds. The van der Waals surface area contributed by atoms with Crippen molar-refractivity contribution in [3.63, 3.8) is 0 Å². The number of nitrogens with one attached hydrogen (secondary N) is 1. The van der Waals surface area contributed by atoms with E-state index in [1.807, 2.05) is 36.1 Å². The van der Waals surface area contributed by atoms with E-state index in [1.54, 1.807) is 24.7 Å². The number of aromatic nitrogens is 2. The zero-order valence-electron chi connectivity index (χ0n) is 14.9. The highest BCUT2D eigenvalue weighted by atomic mass is 127. The van der Waals surface area contributed by atoms with Gasteiger partial charge in [0.05, 0.1) is 0 Å². The van der Waals surface area contributed by atoms with Crippen molar-refractivity contribution in [3.8, 4) is 6.07 Å². The minimum absolute atomic E-state index is 0.0948. The fourth-order valence-corrected chi connectivity index (χ4v) is 3.43. The predicted octanol–water partition coefficient (Wildman–Crippen LogP) is 2.56. The molecule has 8 heteroatoms. The van der Waals surface area contributed by atoms with Gasteiger partial charge in [0.15, 0.2) is 0 Å². The molecule has 1 saturated heterocycles. The number of carbonyl (C=O) groups is 1. The number of nitriles is 1. The number of piperazine rings is 1. The number of hydrogen-bond donors (Lipinski definition) is 1. The number of hydrogen-bond acceptors (Lipinski definition) is 6. The summed E-state index contributed by atoms with van der Waals surface area (Å²) in [5.41, 5.74) is 1.77. The van der Waals surface area contributed by atoms with Crippen molar-refractivity contribution >= 4 is 40.1 Å². The number of halogens is 1. The second kappa shape index (κ2) is 8.81. The van der Waals surface area contributed by atoms with Crippen LogP contribution in [-0.2, 0) is 4.79 Å². The number of benzene rings is 1. The molecule has 0 saturated carbocycles. The lowest BCUT2D eigenvalue weighted by atomic mass is 10.2. The first-order chi connectivity index (χ1) is 13.1. The van der Waals surface area contributed by atoms with Crippen LogP contribution in [0.1, 0.15) is 5.56 Å². The van der Waals surface area contributed by atoms with Crippen LogP contribution in [0.25, 0.3) is 0 Å². The molecule has 0 bridgehead atoms. The summed E-state index contributed by atoms with van der Waals surface area (Å²) >= 11 is 2.22. The predicted molar refractivity (Wildman–Crippen MR) is 112 cm³/mol. The van der Waals surface area contributed by atoms with Gasteiger partial charge in [-0.15, -0.1) is 0 Å². The number of rotatable bonds is 4. The van der Waals surface area contributed by atoms with E-state index in [1.165, 1.54) is 0 Å². The van der Waals surface area contributed by atoms with E-state index in [2.05, 4.69) is 42.8 Å². The van der Waals surface area contributed by atoms with Crippen LogP contribution in [0.2, 0.25) is 0 Å². The monoisotopic (exact) mass is 474 g/mol. The minimum atomic E-state index is -0.393. The topological polar surface area (TPSA) is 85.2 Å². The molecule has 1 aliphatic rings. The molecule has 27 heavy (non-hydrogen) atoms. The highest BCUT2D eigenvalue weighted by molar-refractivity contribution is 14.1. The van der Waals surface area contributed by atoms with Crippen molar-refractivity contribution < 1.29 is 4.79 Å². The molecule has 138 valence electrons. The Hall–Kier alpha value is -2.67. The number of carbonyl (C=O) groups excluding carboxylic acids is 1. The van der Waals surface area contributed by atoms with Gasteiger partial charge in [0.25, 0.3) is 5.91 Å². The molecule has 1 N–H and O–H groups in total. The van der Waals surface area contributed by atoms with Gasteiger partial charge in [-0.25, -0.2) is 9.97 Å². The SMILES string of the molecule is Cc1cc(I)ccc1NC(=O)/C(C#N)=C\N1CCN(c2ncccn2)CC1. The van der Waals surface area contributed by atoms with Crippen LogP contribution < -0.4 is 10.2 Å². The lowest BCUT2D eigenvalue weighted by molar-refractivity contribution is -0.112. The van der Waals surface area contributed by atoms with Gasteiger partial charge in [-0.2, -0.15) is 5.26 Å². The van der Waals surface area contributed by atoms with Gasteiger partial charge < -0.3 is 15.1 Å².